The highest BCUT2D eigenvalue weighted by molar-refractivity contribution is 7.91. The molecule has 0 saturated carbocycles. The molecule has 0 N–H and O–H groups in total. The third-order valence-electron chi connectivity index (χ3n) is 4.28. The molecular weight excluding hydrogens is 361 g/mol. The molecule has 2 heterocycles. The highest BCUT2D eigenvalue weighted by Crippen LogP contribution is 2.29. The average molecular weight is 383 g/mol. The number of hydrogen-bond donors (Lipinski definition) is 0. The molecule has 1 atom stereocenters. The maximum absolute atomic E-state index is 14.0. The van der Waals surface area contributed by atoms with Crippen molar-refractivity contribution in [3.05, 3.63) is 59.2 Å². The molecule has 0 aliphatic heterocycles. The summed E-state index contributed by atoms with van der Waals surface area (Å²) in [5.41, 5.74) is 4.12. The fraction of sp³-hybridized carbons (Fsp3) is 0.286. The molecule has 0 spiro atoms. The van der Waals surface area contributed by atoms with Crippen LogP contribution in [-0.2, 0) is 11.4 Å². The summed E-state index contributed by atoms with van der Waals surface area (Å²) >= 11 is -1.38. The average Bonchev–Trinajstić information content (AvgIpc) is 2.62. The number of aromatic nitrogens is 2. The predicted molar refractivity (Wildman–Crippen MR) is 110 cm³/mol. The molecule has 27 heavy (non-hydrogen) atoms. The molecule has 0 aliphatic carbocycles. The van der Waals surface area contributed by atoms with Crippen LogP contribution in [0, 0.1) is 19.7 Å². The van der Waals surface area contributed by atoms with Crippen LogP contribution >= 0.6 is 0 Å². The zero-order valence-corrected chi connectivity index (χ0v) is 16.9. The van der Waals surface area contributed by atoms with Crippen LogP contribution in [0.3, 0.4) is 0 Å². The summed E-state index contributed by atoms with van der Waals surface area (Å²) in [4.78, 5) is 9.07. The summed E-state index contributed by atoms with van der Waals surface area (Å²) in [5.74, 6) is -0.292. The van der Waals surface area contributed by atoms with Gasteiger partial charge in [0, 0.05) is 34.0 Å². The van der Waals surface area contributed by atoms with Crippen LogP contribution < -0.4 is 0 Å². The Hall–Kier alpha value is -2.31. The Morgan fingerprint density at radius 3 is 2.59 bits per heavy atom. The summed E-state index contributed by atoms with van der Waals surface area (Å²) in [7, 11) is 0. The van der Waals surface area contributed by atoms with Crippen LogP contribution in [0.5, 0.6) is 0 Å². The number of aryl methyl sites for hydroxylation is 2. The second-order valence-corrected chi connectivity index (χ2v) is 9.34. The first-order chi connectivity index (χ1) is 12.7. The maximum Gasteiger partial charge on any atom is 0.144 e. The molecular formula is C21H22FN3OS. The van der Waals surface area contributed by atoms with Crippen LogP contribution in [0.4, 0.5) is 4.39 Å². The third-order valence-corrected chi connectivity index (χ3v) is 5.62. The Morgan fingerprint density at radius 1 is 1.19 bits per heavy atom. The van der Waals surface area contributed by atoms with E-state index < -0.39 is 16.1 Å². The Kier molecular flexibility index (Phi) is 5.31. The van der Waals surface area contributed by atoms with Gasteiger partial charge in [0.1, 0.15) is 21.9 Å². The molecule has 3 aromatic rings. The van der Waals surface area contributed by atoms with Crippen molar-refractivity contribution in [2.75, 3.05) is 0 Å². The van der Waals surface area contributed by atoms with Crippen LogP contribution in [-0.4, -0.2) is 25.5 Å². The molecule has 4 nitrogen and oxygen atoms in total. The van der Waals surface area contributed by atoms with E-state index >= 15 is 0 Å². The molecule has 1 unspecified atom stereocenters. The second kappa shape index (κ2) is 7.37. The van der Waals surface area contributed by atoms with Crippen LogP contribution in [0.1, 0.15) is 37.6 Å². The van der Waals surface area contributed by atoms with E-state index in [-0.39, 0.29) is 5.82 Å². The van der Waals surface area contributed by atoms with E-state index in [1.54, 1.807) is 25.4 Å². The Balaban J connectivity index is 2.24. The minimum Gasteiger partial charge on any atom is -0.591 e. The highest BCUT2D eigenvalue weighted by Gasteiger charge is 2.26. The second-order valence-electron chi connectivity index (χ2n) is 7.40. The van der Waals surface area contributed by atoms with Crippen molar-refractivity contribution < 1.29 is 8.94 Å². The van der Waals surface area contributed by atoms with Gasteiger partial charge in [0.15, 0.2) is 0 Å². The zero-order valence-electron chi connectivity index (χ0n) is 16.1. The zero-order chi connectivity index (χ0) is 19.8. The number of pyridine rings is 2. The molecule has 0 bridgehead atoms. The van der Waals surface area contributed by atoms with Gasteiger partial charge in [-0.3, -0.25) is 4.98 Å². The van der Waals surface area contributed by atoms with Gasteiger partial charge in [-0.25, -0.2) is 9.37 Å². The lowest BCUT2D eigenvalue weighted by Gasteiger charge is -2.18. The molecule has 140 valence electrons. The molecule has 1 aromatic carbocycles. The van der Waals surface area contributed by atoms with E-state index in [1.165, 1.54) is 6.07 Å². The first-order valence-corrected chi connectivity index (χ1v) is 9.77. The summed E-state index contributed by atoms with van der Waals surface area (Å²) < 4.78 is 30.2. The van der Waals surface area contributed by atoms with Crippen LogP contribution in [0.15, 0.2) is 40.9 Å². The van der Waals surface area contributed by atoms with Gasteiger partial charge >= 0.3 is 0 Å². The molecule has 2 aromatic heterocycles. The van der Waals surface area contributed by atoms with Gasteiger partial charge in [-0.05, 0) is 65.0 Å². The Bertz CT molecular complexity index is 1030. The van der Waals surface area contributed by atoms with E-state index in [0.29, 0.717) is 16.8 Å². The maximum atomic E-state index is 14.0. The molecule has 0 amide bonds. The fourth-order valence-corrected chi connectivity index (χ4v) is 3.21. The SMILES string of the molecule is Cc1ncccc1-c1nc2c(C)c(F)ccc2cc1C=N[S+]([O-])C(C)(C)C. The van der Waals surface area contributed by atoms with Crippen molar-refractivity contribution in [3.63, 3.8) is 0 Å². The van der Waals surface area contributed by atoms with E-state index in [9.17, 15) is 8.94 Å². The normalized spacial score (nSPS) is 13.4. The third kappa shape index (κ3) is 4.01. The molecule has 0 saturated heterocycles. The predicted octanol–water partition coefficient (Wildman–Crippen LogP) is 4.93. The Morgan fingerprint density at radius 2 is 1.93 bits per heavy atom. The van der Waals surface area contributed by atoms with Crippen molar-refractivity contribution in [1.82, 2.24) is 9.97 Å². The standard InChI is InChI=1S/C21H22FN3OS/c1-13-18(22)9-8-15-11-16(12-24-27(26)21(3,4)5)20(25-19(13)15)17-7-6-10-23-14(17)2/h6-12H,1-5H3. The van der Waals surface area contributed by atoms with E-state index in [2.05, 4.69) is 9.38 Å². The van der Waals surface area contributed by atoms with Gasteiger partial charge < -0.3 is 4.55 Å². The first kappa shape index (κ1) is 19.5. The molecule has 0 radical (unpaired) electrons. The van der Waals surface area contributed by atoms with E-state index in [1.807, 2.05) is 45.9 Å². The number of benzene rings is 1. The molecule has 6 heteroatoms. The first-order valence-electron chi connectivity index (χ1n) is 8.66. The summed E-state index contributed by atoms with van der Waals surface area (Å²) in [6, 6.07) is 8.79. The molecule has 0 aliphatic rings. The summed E-state index contributed by atoms with van der Waals surface area (Å²) in [6.07, 6.45) is 3.31. The van der Waals surface area contributed by atoms with Gasteiger partial charge in [0.25, 0.3) is 0 Å². The van der Waals surface area contributed by atoms with Gasteiger partial charge in [-0.15, -0.1) is 0 Å². The lowest BCUT2D eigenvalue weighted by Crippen LogP contribution is -2.25. The number of hydrogen-bond acceptors (Lipinski definition) is 4. The lowest BCUT2D eigenvalue weighted by molar-refractivity contribution is 0.562. The van der Waals surface area contributed by atoms with Crippen molar-refractivity contribution >= 4 is 28.5 Å². The largest absolute Gasteiger partial charge is 0.591 e. The smallest absolute Gasteiger partial charge is 0.144 e. The van der Waals surface area contributed by atoms with Crippen molar-refractivity contribution in [2.24, 2.45) is 4.40 Å². The quantitative estimate of drug-likeness (QED) is 0.476. The van der Waals surface area contributed by atoms with E-state index in [0.717, 1.165) is 22.2 Å². The number of rotatable bonds is 3. The number of nitrogens with zero attached hydrogens (tertiary/aromatic N) is 3. The lowest BCUT2D eigenvalue weighted by atomic mass is 10.0. The van der Waals surface area contributed by atoms with Crippen molar-refractivity contribution in [2.45, 2.75) is 39.4 Å². The summed E-state index contributed by atoms with van der Waals surface area (Å²) in [5, 5.41) is 0.808. The van der Waals surface area contributed by atoms with Gasteiger partial charge in [-0.2, -0.15) is 0 Å². The number of halogens is 1. The van der Waals surface area contributed by atoms with Crippen molar-refractivity contribution in [1.29, 1.82) is 0 Å². The highest BCUT2D eigenvalue weighted by atomic mass is 32.2. The fourth-order valence-electron chi connectivity index (χ4n) is 2.69. The monoisotopic (exact) mass is 383 g/mol. The van der Waals surface area contributed by atoms with E-state index in [4.69, 9.17) is 4.98 Å². The van der Waals surface area contributed by atoms with Crippen LogP contribution in [0.25, 0.3) is 22.2 Å². The Labute approximate surface area is 161 Å². The van der Waals surface area contributed by atoms with Crippen molar-refractivity contribution in [3.8, 4) is 11.3 Å². The number of fused-ring (bicyclic) bond motifs is 1. The van der Waals surface area contributed by atoms with Crippen LogP contribution in [0.2, 0.25) is 0 Å². The van der Waals surface area contributed by atoms with Gasteiger partial charge in [0.2, 0.25) is 0 Å². The molecule has 0 fully saturated rings. The van der Waals surface area contributed by atoms with Gasteiger partial charge in [0.05, 0.1) is 17.4 Å². The minimum atomic E-state index is -1.38. The topological polar surface area (TPSA) is 61.2 Å². The molecule has 3 rings (SSSR count). The van der Waals surface area contributed by atoms with Gasteiger partial charge in [-0.1, -0.05) is 4.40 Å². The minimum absolute atomic E-state index is 0.292. The summed E-state index contributed by atoms with van der Waals surface area (Å²) in [6.45, 7) is 9.23.